The molecular weight excluding hydrogens is 427 g/mol. The minimum absolute atomic E-state index is 0.0887. The molecule has 128 valence electrons. The van der Waals surface area contributed by atoms with E-state index in [2.05, 4.69) is 74.4 Å². The molecule has 0 bridgehead atoms. The van der Waals surface area contributed by atoms with Crippen LogP contribution in [0.15, 0.2) is 54.9 Å². The van der Waals surface area contributed by atoms with E-state index in [1.165, 1.54) is 9.13 Å². The van der Waals surface area contributed by atoms with E-state index in [0.717, 1.165) is 23.7 Å². The number of rotatable bonds is 4. The standard InChI is InChI=1S/C19H19IN4O/c1-2-25-18-6-4-3-5-15(18)17-11-16(13-7-9-14(20)10-8-13)23-19-21-12-22-24(17)19/h3-10,12,16-17H,2,11H2,1H3,(H,21,22,23). The number of nitrogens with one attached hydrogen (secondary N) is 1. The first-order valence-corrected chi connectivity index (χ1v) is 9.47. The fourth-order valence-electron chi connectivity index (χ4n) is 3.34. The second-order valence-corrected chi connectivity index (χ2v) is 7.24. The van der Waals surface area contributed by atoms with Gasteiger partial charge in [-0.25, -0.2) is 4.68 Å². The van der Waals surface area contributed by atoms with Gasteiger partial charge in [-0.15, -0.1) is 0 Å². The monoisotopic (exact) mass is 446 g/mol. The van der Waals surface area contributed by atoms with E-state index in [9.17, 15) is 0 Å². The van der Waals surface area contributed by atoms with E-state index in [0.29, 0.717) is 6.61 Å². The van der Waals surface area contributed by atoms with E-state index in [-0.39, 0.29) is 12.1 Å². The quantitative estimate of drug-likeness (QED) is 0.603. The molecule has 1 aromatic heterocycles. The van der Waals surface area contributed by atoms with Crippen molar-refractivity contribution in [2.75, 3.05) is 11.9 Å². The van der Waals surface area contributed by atoms with Gasteiger partial charge in [-0.2, -0.15) is 10.1 Å². The van der Waals surface area contributed by atoms with Gasteiger partial charge in [-0.05, 0) is 59.7 Å². The smallest absolute Gasteiger partial charge is 0.222 e. The largest absolute Gasteiger partial charge is 0.494 e. The van der Waals surface area contributed by atoms with Crippen LogP contribution in [0.3, 0.4) is 0 Å². The molecule has 2 aromatic carbocycles. The lowest BCUT2D eigenvalue weighted by Crippen LogP contribution is -2.28. The van der Waals surface area contributed by atoms with Crippen LogP contribution >= 0.6 is 22.6 Å². The van der Waals surface area contributed by atoms with Crippen molar-refractivity contribution in [2.24, 2.45) is 0 Å². The van der Waals surface area contributed by atoms with E-state index >= 15 is 0 Å². The molecule has 0 aliphatic carbocycles. The number of para-hydroxylation sites is 1. The summed E-state index contributed by atoms with van der Waals surface area (Å²) >= 11 is 2.33. The summed E-state index contributed by atoms with van der Waals surface area (Å²) in [6.07, 6.45) is 2.50. The topological polar surface area (TPSA) is 52.0 Å². The maximum Gasteiger partial charge on any atom is 0.222 e. The Labute approximate surface area is 160 Å². The Morgan fingerprint density at radius 2 is 2.00 bits per heavy atom. The number of hydrogen-bond acceptors (Lipinski definition) is 4. The number of fused-ring (bicyclic) bond motifs is 1. The Hall–Kier alpha value is -2.09. The zero-order valence-electron chi connectivity index (χ0n) is 13.9. The molecule has 1 N–H and O–H groups in total. The molecule has 6 heteroatoms. The second-order valence-electron chi connectivity index (χ2n) is 6.00. The molecule has 1 aliphatic heterocycles. The van der Waals surface area contributed by atoms with Crippen LogP contribution in [0.25, 0.3) is 0 Å². The highest BCUT2D eigenvalue weighted by Crippen LogP contribution is 2.40. The lowest BCUT2D eigenvalue weighted by molar-refractivity contribution is 0.325. The molecule has 5 nitrogen and oxygen atoms in total. The minimum atomic E-state index is 0.0887. The zero-order valence-corrected chi connectivity index (χ0v) is 16.1. The molecule has 1 aliphatic rings. The van der Waals surface area contributed by atoms with Crippen molar-refractivity contribution in [2.45, 2.75) is 25.4 Å². The van der Waals surface area contributed by atoms with Crippen molar-refractivity contribution in [3.8, 4) is 5.75 Å². The third-order valence-corrected chi connectivity index (χ3v) is 5.20. The van der Waals surface area contributed by atoms with Crippen molar-refractivity contribution < 1.29 is 4.74 Å². The molecule has 4 rings (SSSR count). The number of anilines is 1. The number of benzene rings is 2. The molecule has 0 saturated carbocycles. The first kappa shape index (κ1) is 16.4. The highest BCUT2D eigenvalue weighted by Gasteiger charge is 2.31. The molecule has 2 unspecified atom stereocenters. The molecule has 25 heavy (non-hydrogen) atoms. The molecule has 0 saturated heterocycles. The Morgan fingerprint density at radius 3 is 2.80 bits per heavy atom. The van der Waals surface area contributed by atoms with Gasteiger partial charge >= 0.3 is 0 Å². The van der Waals surface area contributed by atoms with Gasteiger partial charge in [-0.1, -0.05) is 30.3 Å². The van der Waals surface area contributed by atoms with E-state index in [4.69, 9.17) is 4.74 Å². The minimum Gasteiger partial charge on any atom is -0.494 e. The number of ether oxygens (including phenoxy) is 1. The average molecular weight is 446 g/mol. The summed E-state index contributed by atoms with van der Waals surface area (Å²) in [5.74, 6) is 1.71. The van der Waals surface area contributed by atoms with Gasteiger partial charge in [0.25, 0.3) is 0 Å². The fourth-order valence-corrected chi connectivity index (χ4v) is 3.69. The van der Waals surface area contributed by atoms with Crippen molar-refractivity contribution in [1.82, 2.24) is 14.8 Å². The predicted octanol–water partition coefficient (Wildman–Crippen LogP) is 4.43. The Balaban J connectivity index is 1.74. The zero-order chi connectivity index (χ0) is 17.2. The van der Waals surface area contributed by atoms with Crippen LogP contribution in [0.1, 0.15) is 36.6 Å². The van der Waals surface area contributed by atoms with E-state index in [1.807, 2.05) is 23.7 Å². The SMILES string of the molecule is CCOc1ccccc1C1CC(c2ccc(I)cc2)Nc2ncnn21. The van der Waals surface area contributed by atoms with Crippen LogP contribution in [0.2, 0.25) is 0 Å². The maximum atomic E-state index is 5.86. The van der Waals surface area contributed by atoms with Crippen LogP contribution in [0, 0.1) is 3.57 Å². The van der Waals surface area contributed by atoms with Gasteiger partial charge in [0.15, 0.2) is 0 Å². The summed E-state index contributed by atoms with van der Waals surface area (Å²) in [4.78, 5) is 4.40. The highest BCUT2D eigenvalue weighted by molar-refractivity contribution is 14.1. The lowest BCUT2D eigenvalue weighted by atomic mass is 9.93. The maximum absolute atomic E-state index is 5.86. The molecule has 0 fully saturated rings. The third kappa shape index (κ3) is 3.22. The Kier molecular flexibility index (Phi) is 4.61. The van der Waals surface area contributed by atoms with Crippen LogP contribution in [-0.4, -0.2) is 21.4 Å². The van der Waals surface area contributed by atoms with Crippen LogP contribution < -0.4 is 10.1 Å². The summed E-state index contributed by atoms with van der Waals surface area (Å²) in [7, 11) is 0. The van der Waals surface area contributed by atoms with Crippen molar-refractivity contribution in [3.63, 3.8) is 0 Å². The summed E-state index contributed by atoms with van der Waals surface area (Å²) in [6, 6.07) is 17.1. The first-order chi connectivity index (χ1) is 12.3. The molecule has 2 heterocycles. The van der Waals surface area contributed by atoms with Gasteiger partial charge in [0.05, 0.1) is 18.7 Å². The predicted molar refractivity (Wildman–Crippen MR) is 106 cm³/mol. The van der Waals surface area contributed by atoms with Crippen molar-refractivity contribution in [1.29, 1.82) is 0 Å². The van der Waals surface area contributed by atoms with Crippen LogP contribution in [0.4, 0.5) is 5.95 Å². The van der Waals surface area contributed by atoms with Gasteiger partial charge in [0.1, 0.15) is 12.1 Å². The molecule has 3 aromatic rings. The highest BCUT2D eigenvalue weighted by atomic mass is 127. The number of aromatic nitrogens is 3. The summed E-state index contributed by atoms with van der Waals surface area (Å²) < 4.78 is 9.05. The summed E-state index contributed by atoms with van der Waals surface area (Å²) in [6.45, 7) is 2.65. The molecule has 0 amide bonds. The molecule has 2 atom stereocenters. The van der Waals surface area contributed by atoms with Gasteiger partial charge < -0.3 is 10.1 Å². The summed E-state index contributed by atoms with van der Waals surface area (Å²) in [5.41, 5.74) is 2.40. The van der Waals surface area contributed by atoms with Gasteiger partial charge in [-0.3, -0.25) is 0 Å². The first-order valence-electron chi connectivity index (χ1n) is 8.39. The average Bonchev–Trinajstić information content (AvgIpc) is 3.11. The van der Waals surface area contributed by atoms with E-state index < -0.39 is 0 Å². The summed E-state index contributed by atoms with van der Waals surface area (Å²) in [5, 5.41) is 7.95. The van der Waals surface area contributed by atoms with Crippen molar-refractivity contribution >= 4 is 28.5 Å². The lowest BCUT2D eigenvalue weighted by Gasteiger charge is -2.32. The normalized spacial score (nSPS) is 19.1. The van der Waals surface area contributed by atoms with E-state index in [1.54, 1.807) is 6.33 Å². The fraction of sp³-hybridized carbons (Fsp3) is 0.263. The van der Waals surface area contributed by atoms with Crippen molar-refractivity contribution in [3.05, 3.63) is 69.6 Å². The van der Waals surface area contributed by atoms with Crippen LogP contribution in [-0.2, 0) is 0 Å². The molecule has 0 spiro atoms. The Bertz CT molecular complexity index is 862. The third-order valence-electron chi connectivity index (χ3n) is 4.48. The number of halogens is 1. The molecule has 0 radical (unpaired) electrons. The molecular formula is C19H19IN4O. The van der Waals surface area contributed by atoms with Crippen LogP contribution in [0.5, 0.6) is 5.75 Å². The number of hydrogen-bond donors (Lipinski definition) is 1. The number of nitrogens with zero attached hydrogens (tertiary/aromatic N) is 3. The second kappa shape index (κ2) is 7.03. The van der Waals surface area contributed by atoms with Gasteiger partial charge in [0.2, 0.25) is 5.95 Å². The van der Waals surface area contributed by atoms with Gasteiger partial charge in [0, 0.05) is 9.13 Å². The Morgan fingerprint density at radius 1 is 1.20 bits per heavy atom.